The van der Waals surface area contributed by atoms with Crippen LogP contribution < -0.4 is 0 Å². The van der Waals surface area contributed by atoms with E-state index < -0.39 is 11.4 Å². The number of rotatable bonds is 0. The van der Waals surface area contributed by atoms with Crippen molar-refractivity contribution in [2.75, 3.05) is 0 Å². The molecular formula is C6H12O3S. The summed E-state index contributed by atoms with van der Waals surface area (Å²) in [7, 11) is 0. The molecule has 1 fully saturated rings. The molecule has 0 amide bonds. The van der Waals surface area contributed by atoms with Gasteiger partial charge in [0.1, 0.15) is 0 Å². The highest BCUT2D eigenvalue weighted by Gasteiger charge is 2.32. The zero-order chi connectivity index (χ0) is 7.78. The van der Waals surface area contributed by atoms with Gasteiger partial charge < -0.3 is 0 Å². The average molecular weight is 164 g/mol. The molecule has 1 aliphatic heterocycles. The fraction of sp³-hybridized carbons (Fsp3) is 1.00. The van der Waals surface area contributed by atoms with Gasteiger partial charge in [-0.2, -0.15) is 4.21 Å². The first kappa shape index (κ1) is 8.17. The van der Waals surface area contributed by atoms with Gasteiger partial charge in [0.15, 0.2) is 0 Å². The quantitative estimate of drug-likeness (QED) is 0.539. The lowest BCUT2D eigenvalue weighted by atomic mass is 10.0. The molecule has 0 aliphatic carbocycles. The Balaban J connectivity index is 2.59. The van der Waals surface area contributed by atoms with Crippen molar-refractivity contribution in [2.24, 2.45) is 0 Å². The largest absolute Gasteiger partial charge is 0.305 e. The lowest BCUT2D eigenvalue weighted by molar-refractivity contribution is 0.0107. The van der Waals surface area contributed by atoms with Crippen LogP contribution in [0.25, 0.3) is 0 Å². The van der Waals surface area contributed by atoms with E-state index in [2.05, 4.69) is 0 Å². The van der Waals surface area contributed by atoms with Gasteiger partial charge >= 0.3 is 11.4 Å². The minimum absolute atomic E-state index is 0.0320. The lowest BCUT2D eigenvalue weighted by Gasteiger charge is -2.31. The highest BCUT2D eigenvalue weighted by Crippen LogP contribution is 2.25. The van der Waals surface area contributed by atoms with Gasteiger partial charge in [-0.25, -0.2) is 0 Å². The van der Waals surface area contributed by atoms with Crippen LogP contribution in [0, 0.1) is 0 Å². The van der Waals surface area contributed by atoms with Gasteiger partial charge in [-0.1, -0.05) is 0 Å². The normalized spacial score (nSPS) is 39.5. The molecular weight excluding hydrogens is 152 g/mol. The predicted molar refractivity (Wildman–Crippen MR) is 38.5 cm³/mol. The average Bonchev–Trinajstić information content (AvgIpc) is 1.54. The zero-order valence-corrected chi connectivity index (χ0v) is 7.23. The molecule has 0 N–H and O–H groups in total. The number of hydrogen-bond donors (Lipinski definition) is 0. The van der Waals surface area contributed by atoms with Gasteiger partial charge in [0.05, 0.1) is 11.7 Å². The van der Waals surface area contributed by atoms with Gasteiger partial charge in [-0.15, -0.1) is 0 Å². The van der Waals surface area contributed by atoms with Crippen LogP contribution in [0.2, 0.25) is 0 Å². The van der Waals surface area contributed by atoms with Gasteiger partial charge in [0, 0.05) is 6.42 Å². The fourth-order valence-corrected chi connectivity index (χ4v) is 1.91. The van der Waals surface area contributed by atoms with Crippen LogP contribution in [0.1, 0.15) is 27.2 Å². The first-order chi connectivity index (χ1) is 4.49. The Morgan fingerprint density at radius 3 is 2.60 bits per heavy atom. The Bertz CT molecular complexity index is 155. The monoisotopic (exact) mass is 164 g/mol. The minimum Gasteiger partial charge on any atom is -0.265 e. The van der Waals surface area contributed by atoms with E-state index in [1.54, 1.807) is 0 Å². The van der Waals surface area contributed by atoms with E-state index in [1.165, 1.54) is 0 Å². The Kier molecular flexibility index (Phi) is 2.12. The van der Waals surface area contributed by atoms with Crippen LogP contribution in [0.5, 0.6) is 0 Å². The van der Waals surface area contributed by atoms with Crippen molar-refractivity contribution >= 4 is 11.4 Å². The lowest BCUT2D eigenvalue weighted by Crippen LogP contribution is -2.37. The van der Waals surface area contributed by atoms with Crippen molar-refractivity contribution in [1.82, 2.24) is 0 Å². The molecule has 1 rings (SSSR count). The summed E-state index contributed by atoms with van der Waals surface area (Å²) in [5, 5.41) is 0. The topological polar surface area (TPSA) is 35.5 Å². The molecule has 0 aromatic rings. The van der Waals surface area contributed by atoms with Crippen LogP contribution in [0.15, 0.2) is 0 Å². The number of hydrogen-bond acceptors (Lipinski definition) is 3. The molecule has 3 nitrogen and oxygen atoms in total. The smallest absolute Gasteiger partial charge is 0.265 e. The molecule has 60 valence electrons. The second-order valence-corrected chi connectivity index (χ2v) is 3.93. The van der Waals surface area contributed by atoms with E-state index in [0.717, 1.165) is 6.42 Å². The van der Waals surface area contributed by atoms with Gasteiger partial charge in [0.2, 0.25) is 0 Å². The maximum atomic E-state index is 10.8. The summed E-state index contributed by atoms with van der Waals surface area (Å²) in [4.78, 5) is 0. The summed E-state index contributed by atoms with van der Waals surface area (Å²) in [6.07, 6.45) is 0.822. The Morgan fingerprint density at radius 1 is 1.60 bits per heavy atom. The molecule has 10 heavy (non-hydrogen) atoms. The first-order valence-corrected chi connectivity index (χ1v) is 4.28. The molecule has 1 heterocycles. The molecule has 0 bridgehead atoms. The second kappa shape index (κ2) is 2.60. The Labute approximate surface area is 63.6 Å². The summed E-state index contributed by atoms with van der Waals surface area (Å²) < 4.78 is 20.6. The standard InChI is InChI=1S/C6H12O3S/c1-5-4-6(2,3)9-10(7)8-5/h5H,4H2,1-3H3. The summed E-state index contributed by atoms with van der Waals surface area (Å²) >= 11 is -1.54. The van der Waals surface area contributed by atoms with E-state index in [0.29, 0.717) is 0 Å². The van der Waals surface area contributed by atoms with E-state index >= 15 is 0 Å². The highest BCUT2D eigenvalue weighted by molar-refractivity contribution is 7.75. The van der Waals surface area contributed by atoms with Crippen LogP contribution in [0.4, 0.5) is 0 Å². The van der Waals surface area contributed by atoms with Crippen molar-refractivity contribution in [2.45, 2.75) is 38.9 Å². The molecule has 1 saturated heterocycles. The molecule has 0 spiro atoms. The van der Waals surface area contributed by atoms with Gasteiger partial charge in [0.25, 0.3) is 0 Å². The van der Waals surface area contributed by atoms with Crippen LogP contribution in [-0.4, -0.2) is 15.9 Å². The SMILES string of the molecule is CC1CC(C)(C)OS(=O)O1. The summed E-state index contributed by atoms with van der Waals surface area (Å²) in [5.74, 6) is 0. The Hall–Kier alpha value is 0.0700. The van der Waals surface area contributed by atoms with Crippen molar-refractivity contribution in [3.05, 3.63) is 0 Å². The van der Waals surface area contributed by atoms with Crippen molar-refractivity contribution in [1.29, 1.82) is 0 Å². The third-order valence-electron chi connectivity index (χ3n) is 1.32. The molecule has 0 aromatic carbocycles. The molecule has 1 aliphatic rings. The molecule has 0 saturated carbocycles. The summed E-state index contributed by atoms with van der Waals surface area (Å²) in [6.45, 7) is 5.70. The van der Waals surface area contributed by atoms with E-state index in [9.17, 15) is 4.21 Å². The third kappa shape index (κ3) is 2.04. The molecule has 0 aromatic heterocycles. The minimum atomic E-state index is -1.54. The van der Waals surface area contributed by atoms with Crippen molar-refractivity contribution < 1.29 is 12.6 Å². The summed E-state index contributed by atoms with van der Waals surface area (Å²) in [6, 6.07) is 0. The van der Waals surface area contributed by atoms with Crippen molar-refractivity contribution in [3.63, 3.8) is 0 Å². The van der Waals surface area contributed by atoms with E-state index in [1.807, 2.05) is 20.8 Å². The van der Waals surface area contributed by atoms with Gasteiger partial charge in [-0.05, 0) is 20.8 Å². The maximum Gasteiger partial charge on any atom is 0.305 e. The molecule has 4 heteroatoms. The first-order valence-electron chi connectivity index (χ1n) is 3.28. The van der Waals surface area contributed by atoms with E-state index in [-0.39, 0.29) is 11.7 Å². The third-order valence-corrected chi connectivity index (χ3v) is 2.39. The predicted octanol–water partition coefficient (Wildman–Crippen LogP) is 1.17. The van der Waals surface area contributed by atoms with Crippen LogP contribution in [-0.2, 0) is 19.7 Å². The van der Waals surface area contributed by atoms with Gasteiger partial charge in [-0.3, -0.25) is 8.37 Å². The fourth-order valence-electron chi connectivity index (χ4n) is 1.10. The van der Waals surface area contributed by atoms with Crippen LogP contribution in [0.3, 0.4) is 0 Å². The molecule has 2 atom stereocenters. The molecule has 0 radical (unpaired) electrons. The highest BCUT2D eigenvalue weighted by atomic mass is 32.2. The van der Waals surface area contributed by atoms with E-state index in [4.69, 9.17) is 8.37 Å². The van der Waals surface area contributed by atoms with Crippen molar-refractivity contribution in [3.8, 4) is 0 Å². The zero-order valence-electron chi connectivity index (χ0n) is 6.42. The Morgan fingerprint density at radius 2 is 2.20 bits per heavy atom. The second-order valence-electron chi connectivity index (χ2n) is 3.16. The maximum absolute atomic E-state index is 10.8. The summed E-state index contributed by atoms with van der Waals surface area (Å²) in [5.41, 5.74) is -0.303. The molecule has 2 unspecified atom stereocenters. The van der Waals surface area contributed by atoms with Crippen LogP contribution >= 0.6 is 0 Å².